The van der Waals surface area contributed by atoms with Gasteiger partial charge in [-0.15, -0.1) is 0 Å². The lowest BCUT2D eigenvalue weighted by Gasteiger charge is -2.29. The highest BCUT2D eigenvalue weighted by Crippen LogP contribution is 2.25. The van der Waals surface area contributed by atoms with Crippen molar-refractivity contribution in [2.75, 3.05) is 19.6 Å². The molecule has 0 aliphatic carbocycles. The van der Waals surface area contributed by atoms with E-state index in [1.807, 2.05) is 12.1 Å². The Labute approximate surface area is 128 Å². The van der Waals surface area contributed by atoms with E-state index in [-0.39, 0.29) is 5.91 Å². The number of fused-ring (bicyclic) bond motifs is 1. The summed E-state index contributed by atoms with van der Waals surface area (Å²) in [7, 11) is 0. The first-order valence-electron chi connectivity index (χ1n) is 7.00. The van der Waals surface area contributed by atoms with E-state index in [0.29, 0.717) is 12.2 Å². The number of aromatic nitrogens is 2. The maximum absolute atomic E-state index is 11.8. The van der Waals surface area contributed by atoms with Crippen LogP contribution in [0.15, 0.2) is 30.5 Å². The van der Waals surface area contributed by atoms with Crippen LogP contribution in [0.1, 0.15) is 21.6 Å². The number of halogens is 1. The van der Waals surface area contributed by atoms with Crippen LogP contribution in [0, 0.1) is 0 Å². The predicted molar refractivity (Wildman–Crippen MR) is 81.4 cm³/mol. The molecule has 6 heteroatoms. The van der Waals surface area contributed by atoms with E-state index < -0.39 is 0 Å². The maximum atomic E-state index is 11.8. The average Bonchev–Trinajstić information content (AvgIpc) is 3.01. The summed E-state index contributed by atoms with van der Waals surface area (Å²) in [5.41, 5.74) is 3.04. The molecular formula is C15H17ClN4O. The quantitative estimate of drug-likeness (QED) is 0.906. The van der Waals surface area contributed by atoms with Crippen molar-refractivity contribution in [1.82, 2.24) is 20.4 Å². The molecule has 5 nitrogen and oxygen atoms in total. The summed E-state index contributed by atoms with van der Waals surface area (Å²) in [4.78, 5) is 14.1. The Morgan fingerprint density at radius 3 is 3.14 bits per heavy atom. The molecule has 1 aromatic heterocycles. The second-order valence-electron chi connectivity index (χ2n) is 5.13. The van der Waals surface area contributed by atoms with Gasteiger partial charge < -0.3 is 5.32 Å². The van der Waals surface area contributed by atoms with Crippen molar-refractivity contribution in [2.45, 2.75) is 13.0 Å². The van der Waals surface area contributed by atoms with Crippen molar-refractivity contribution in [1.29, 1.82) is 0 Å². The molecule has 21 heavy (non-hydrogen) atoms. The van der Waals surface area contributed by atoms with Gasteiger partial charge in [-0.3, -0.25) is 14.8 Å². The number of carbonyl (C=O) groups is 1. The number of aromatic amines is 1. The number of benzene rings is 1. The Balaban J connectivity index is 1.50. The average molecular weight is 305 g/mol. The molecule has 2 heterocycles. The molecule has 0 fully saturated rings. The molecule has 2 aromatic rings. The van der Waals surface area contributed by atoms with Crippen LogP contribution in [0.2, 0.25) is 5.02 Å². The van der Waals surface area contributed by atoms with Crippen molar-refractivity contribution in [3.05, 3.63) is 52.3 Å². The van der Waals surface area contributed by atoms with Gasteiger partial charge in [0.15, 0.2) is 0 Å². The van der Waals surface area contributed by atoms with Crippen LogP contribution in [-0.4, -0.2) is 40.6 Å². The summed E-state index contributed by atoms with van der Waals surface area (Å²) in [6.45, 7) is 3.30. The standard InChI is InChI=1S/C15H17ClN4O/c16-13-3-1-2-11-10-20(8-5-12(11)13)9-7-17-15(21)14-4-6-18-19-14/h1-4,6H,5,7-10H2,(H,17,21)(H,18,19). The summed E-state index contributed by atoms with van der Waals surface area (Å²) in [5, 5.41) is 10.2. The van der Waals surface area contributed by atoms with E-state index in [0.717, 1.165) is 31.1 Å². The number of carbonyl (C=O) groups excluding carboxylic acids is 1. The Morgan fingerprint density at radius 2 is 2.33 bits per heavy atom. The van der Waals surface area contributed by atoms with Crippen LogP contribution in [0.25, 0.3) is 0 Å². The second-order valence-corrected chi connectivity index (χ2v) is 5.54. The molecule has 0 radical (unpaired) electrons. The lowest BCUT2D eigenvalue weighted by Crippen LogP contribution is -2.38. The summed E-state index contributed by atoms with van der Waals surface area (Å²) >= 11 is 6.21. The van der Waals surface area contributed by atoms with Crippen LogP contribution >= 0.6 is 11.6 Å². The van der Waals surface area contributed by atoms with E-state index in [1.165, 1.54) is 11.1 Å². The molecule has 1 amide bonds. The molecule has 0 saturated carbocycles. The third-order valence-electron chi connectivity index (χ3n) is 3.75. The number of H-pyrrole nitrogens is 1. The Morgan fingerprint density at radius 1 is 1.43 bits per heavy atom. The van der Waals surface area contributed by atoms with Crippen molar-refractivity contribution in [3.63, 3.8) is 0 Å². The summed E-state index contributed by atoms with van der Waals surface area (Å²) in [6.07, 6.45) is 2.53. The first kappa shape index (κ1) is 14.1. The van der Waals surface area contributed by atoms with Gasteiger partial charge in [-0.25, -0.2) is 0 Å². The maximum Gasteiger partial charge on any atom is 0.269 e. The Hall–Kier alpha value is -1.85. The molecule has 0 atom stereocenters. The zero-order valence-electron chi connectivity index (χ0n) is 11.6. The third kappa shape index (κ3) is 3.25. The number of hydrogen-bond donors (Lipinski definition) is 2. The highest BCUT2D eigenvalue weighted by molar-refractivity contribution is 6.31. The van der Waals surface area contributed by atoms with E-state index >= 15 is 0 Å². The molecule has 1 aromatic carbocycles. The van der Waals surface area contributed by atoms with Gasteiger partial charge in [0.05, 0.1) is 0 Å². The van der Waals surface area contributed by atoms with Crippen LogP contribution in [0.3, 0.4) is 0 Å². The molecule has 0 bridgehead atoms. The normalized spacial score (nSPS) is 14.7. The van der Waals surface area contributed by atoms with Crippen molar-refractivity contribution >= 4 is 17.5 Å². The third-order valence-corrected chi connectivity index (χ3v) is 4.10. The van der Waals surface area contributed by atoms with Gasteiger partial charge in [-0.1, -0.05) is 23.7 Å². The Bertz CT molecular complexity index is 627. The highest BCUT2D eigenvalue weighted by atomic mass is 35.5. The van der Waals surface area contributed by atoms with Crippen molar-refractivity contribution < 1.29 is 4.79 Å². The topological polar surface area (TPSA) is 61.0 Å². The van der Waals surface area contributed by atoms with Crippen LogP contribution in [0.4, 0.5) is 0 Å². The molecule has 0 unspecified atom stereocenters. The number of amides is 1. The lowest BCUT2D eigenvalue weighted by atomic mass is 10.00. The second kappa shape index (κ2) is 6.28. The van der Waals surface area contributed by atoms with Crippen molar-refractivity contribution in [3.8, 4) is 0 Å². The number of nitrogens with one attached hydrogen (secondary N) is 2. The largest absolute Gasteiger partial charge is 0.349 e. The monoisotopic (exact) mass is 304 g/mol. The SMILES string of the molecule is O=C(NCCN1CCc2c(Cl)cccc2C1)c1ccn[nH]1. The fourth-order valence-electron chi connectivity index (χ4n) is 2.62. The van der Waals surface area contributed by atoms with Gasteiger partial charge >= 0.3 is 0 Å². The van der Waals surface area contributed by atoms with E-state index in [4.69, 9.17) is 11.6 Å². The molecule has 3 rings (SSSR count). The minimum atomic E-state index is -0.118. The highest BCUT2D eigenvalue weighted by Gasteiger charge is 2.17. The molecule has 1 aliphatic rings. The fraction of sp³-hybridized carbons (Fsp3) is 0.333. The van der Waals surface area contributed by atoms with E-state index in [2.05, 4.69) is 26.5 Å². The smallest absolute Gasteiger partial charge is 0.269 e. The van der Waals surface area contributed by atoms with Gasteiger partial charge in [0.1, 0.15) is 5.69 Å². The number of rotatable bonds is 4. The molecule has 110 valence electrons. The van der Waals surface area contributed by atoms with E-state index in [9.17, 15) is 4.79 Å². The Kier molecular flexibility index (Phi) is 4.22. The minimum absolute atomic E-state index is 0.118. The fourth-order valence-corrected chi connectivity index (χ4v) is 2.91. The number of hydrogen-bond acceptors (Lipinski definition) is 3. The van der Waals surface area contributed by atoms with Gasteiger partial charge in [0.2, 0.25) is 0 Å². The first-order valence-corrected chi connectivity index (χ1v) is 7.38. The lowest BCUT2D eigenvalue weighted by molar-refractivity contribution is 0.0942. The van der Waals surface area contributed by atoms with Gasteiger partial charge in [0.25, 0.3) is 5.91 Å². The minimum Gasteiger partial charge on any atom is -0.349 e. The number of nitrogens with zero attached hydrogens (tertiary/aromatic N) is 2. The van der Waals surface area contributed by atoms with Crippen LogP contribution < -0.4 is 5.32 Å². The van der Waals surface area contributed by atoms with Gasteiger partial charge in [-0.2, -0.15) is 5.10 Å². The molecule has 0 spiro atoms. The van der Waals surface area contributed by atoms with Crippen LogP contribution in [-0.2, 0) is 13.0 Å². The molecule has 0 saturated heterocycles. The predicted octanol–water partition coefficient (Wildman–Crippen LogP) is 1.85. The van der Waals surface area contributed by atoms with E-state index in [1.54, 1.807) is 12.3 Å². The molecule has 2 N–H and O–H groups in total. The first-order chi connectivity index (χ1) is 10.2. The van der Waals surface area contributed by atoms with Crippen LogP contribution in [0.5, 0.6) is 0 Å². The van der Waals surface area contributed by atoms with Crippen molar-refractivity contribution in [2.24, 2.45) is 0 Å². The molecular weight excluding hydrogens is 288 g/mol. The van der Waals surface area contributed by atoms with Gasteiger partial charge in [-0.05, 0) is 29.7 Å². The zero-order chi connectivity index (χ0) is 14.7. The summed E-state index contributed by atoms with van der Waals surface area (Å²) < 4.78 is 0. The summed E-state index contributed by atoms with van der Waals surface area (Å²) in [6, 6.07) is 7.72. The van der Waals surface area contributed by atoms with Gasteiger partial charge in [0, 0.05) is 37.4 Å². The summed E-state index contributed by atoms with van der Waals surface area (Å²) in [5.74, 6) is -0.118. The molecule has 1 aliphatic heterocycles. The zero-order valence-corrected chi connectivity index (χ0v) is 12.4.